The van der Waals surface area contributed by atoms with Gasteiger partial charge in [-0.25, -0.2) is 9.59 Å². The number of ether oxygens (including phenoxy) is 11. The summed E-state index contributed by atoms with van der Waals surface area (Å²) in [6, 6.07) is 18.0. The Morgan fingerprint density at radius 2 is 1.24 bits per heavy atom. The molecule has 3 heterocycles. The van der Waals surface area contributed by atoms with Crippen LogP contribution in [0.5, 0.6) is 0 Å². The Bertz CT molecular complexity index is 2130. The van der Waals surface area contributed by atoms with Crippen LogP contribution in [0.1, 0.15) is 126 Å². The predicted octanol–water partition coefficient (Wildman–Crippen LogP) is 6.78. The molecule has 0 unspecified atom stereocenters. The molecule has 0 aromatic heterocycles. The van der Waals surface area contributed by atoms with E-state index >= 15 is 0 Å². The van der Waals surface area contributed by atoms with Gasteiger partial charge in [0.25, 0.3) is 0 Å². The van der Waals surface area contributed by atoms with Crippen molar-refractivity contribution in [2.75, 3.05) is 21.3 Å². The van der Waals surface area contributed by atoms with E-state index in [0.717, 1.165) is 32.1 Å². The summed E-state index contributed by atoms with van der Waals surface area (Å²) in [5, 5.41) is 34.8. The van der Waals surface area contributed by atoms with E-state index in [1.54, 1.807) is 45.4 Å². The molecule has 0 spiro atoms. The maximum Gasteiger partial charge on any atom is 0.338 e. The van der Waals surface area contributed by atoms with Crippen LogP contribution in [0, 0.1) is 34.5 Å². The van der Waals surface area contributed by atoms with E-state index in [0.29, 0.717) is 49.1 Å². The zero-order valence-corrected chi connectivity index (χ0v) is 43.5. The lowest BCUT2D eigenvalue weighted by Gasteiger charge is -2.65. The summed E-state index contributed by atoms with van der Waals surface area (Å²) in [4.78, 5) is 27.4. The normalized spacial score (nSPS) is 45.5. The van der Waals surface area contributed by atoms with Crippen LogP contribution in [-0.2, 0) is 52.1 Å². The summed E-state index contributed by atoms with van der Waals surface area (Å²) in [6.45, 7) is 11.9. The van der Waals surface area contributed by atoms with Crippen molar-refractivity contribution in [1.82, 2.24) is 0 Å². The zero-order chi connectivity index (χ0) is 51.3. The van der Waals surface area contributed by atoms with E-state index in [4.69, 9.17) is 52.1 Å². The van der Waals surface area contributed by atoms with Crippen molar-refractivity contribution in [3.8, 4) is 0 Å². The minimum absolute atomic E-state index is 0.0215. The van der Waals surface area contributed by atoms with Crippen LogP contribution >= 0.6 is 0 Å². The molecule has 4 saturated carbocycles. The Morgan fingerprint density at radius 3 is 1.85 bits per heavy atom. The Kier molecular flexibility index (Phi) is 16.3. The van der Waals surface area contributed by atoms with Gasteiger partial charge in [-0.05, 0) is 126 Å². The maximum atomic E-state index is 14.0. The molecule has 3 saturated heterocycles. The van der Waals surface area contributed by atoms with Crippen LogP contribution < -0.4 is 0 Å². The van der Waals surface area contributed by atoms with Gasteiger partial charge in [0.15, 0.2) is 18.9 Å². The van der Waals surface area contributed by atoms with E-state index in [1.807, 2.05) is 57.2 Å². The first-order valence-electron chi connectivity index (χ1n) is 26.6. The third-order valence-corrected chi connectivity index (χ3v) is 18.9. The average molecular weight is 1010 g/mol. The highest BCUT2D eigenvalue weighted by atomic mass is 16.8. The van der Waals surface area contributed by atoms with Gasteiger partial charge in [0.05, 0.1) is 53.4 Å². The monoisotopic (exact) mass is 1010 g/mol. The summed E-state index contributed by atoms with van der Waals surface area (Å²) in [6.07, 6.45) is -3.11. The zero-order valence-electron chi connectivity index (χ0n) is 43.5. The number of hydrogen-bond donors (Lipinski definition) is 3. The Balaban J connectivity index is 0.842. The van der Waals surface area contributed by atoms with E-state index in [2.05, 4.69) is 13.8 Å². The third kappa shape index (κ3) is 9.95. The number of fused-ring (bicyclic) bond motifs is 5. The third-order valence-electron chi connectivity index (χ3n) is 18.9. The van der Waals surface area contributed by atoms with Gasteiger partial charge in [-0.3, -0.25) is 0 Å². The molecule has 0 radical (unpaired) electrons. The SMILES string of the molecule is CO[C@H]1[C@@H](O)[C@H](O[C@@H]2[C@@H](C)O[C@@H](O[C@H]3[C@@H](OC)C[C@H](O[C@H]4CC[C@@]5(C)[C@@H](CC[C@@H]6[C@H]5C[C@@H](OC(=O)c5ccccc5)[C@]5(C)[C@@H]([C@@H](C)OC(=O)c7ccccc7)CC[C@]65O)C4)O[C@@H]3C)C[C@H]2OC)O[C@H](C)[C@H]1O. The van der Waals surface area contributed by atoms with Crippen molar-refractivity contribution in [2.24, 2.45) is 34.5 Å². The van der Waals surface area contributed by atoms with Gasteiger partial charge in [-0.15, -0.1) is 0 Å². The number of carbonyl (C=O) groups excluding carboxylic acids is 2. The number of aliphatic hydroxyl groups excluding tert-OH is 2. The molecule has 3 N–H and O–H groups in total. The number of rotatable bonds is 14. The molecule has 7 aliphatic rings. The fourth-order valence-corrected chi connectivity index (χ4v) is 14.8. The van der Waals surface area contributed by atoms with Crippen molar-refractivity contribution in [1.29, 1.82) is 0 Å². The van der Waals surface area contributed by atoms with Crippen LogP contribution in [0.25, 0.3) is 0 Å². The smallest absolute Gasteiger partial charge is 0.338 e. The Hall–Kier alpha value is -3.10. The van der Waals surface area contributed by atoms with Crippen molar-refractivity contribution >= 4 is 11.9 Å². The molecule has 0 amide bonds. The van der Waals surface area contributed by atoms with Crippen molar-refractivity contribution < 1.29 is 77.0 Å². The van der Waals surface area contributed by atoms with Gasteiger partial charge in [0, 0.05) is 45.5 Å². The molecule has 72 heavy (non-hydrogen) atoms. The second-order valence-corrected chi connectivity index (χ2v) is 22.5. The summed E-state index contributed by atoms with van der Waals surface area (Å²) >= 11 is 0. The van der Waals surface area contributed by atoms with Crippen LogP contribution in [-0.4, -0.2) is 152 Å². The molecule has 9 rings (SSSR count). The fraction of sp³-hybridized carbons (Fsp3) is 0.750. The van der Waals surface area contributed by atoms with Crippen molar-refractivity contribution in [3.63, 3.8) is 0 Å². The number of aliphatic hydroxyl groups is 3. The highest BCUT2D eigenvalue weighted by molar-refractivity contribution is 5.90. The molecule has 400 valence electrons. The Morgan fingerprint density at radius 1 is 0.639 bits per heavy atom. The topological polar surface area (TPSA) is 196 Å². The van der Waals surface area contributed by atoms with Gasteiger partial charge in [-0.1, -0.05) is 50.2 Å². The number of methoxy groups -OCH3 is 3. The predicted molar refractivity (Wildman–Crippen MR) is 260 cm³/mol. The van der Waals surface area contributed by atoms with Gasteiger partial charge in [0.1, 0.15) is 42.7 Å². The molecule has 16 heteroatoms. The standard InChI is InChI=1S/C56H80O16/c1-30(67-51(59)34-16-12-10-13-17-34)38-23-25-56(61)39-21-20-36-26-37(22-24-54(36,5)40(39)27-43(55(38,56)6)70-52(60)35-18-14-11-15-19-35)69-44-28-41(62-7)48(32(3)65-44)71-45-29-42(63-8)49(33(4)66-45)72-53-47(58)50(64-9)46(57)31(2)68-53/h10-19,30-33,36-50,53,57-58,61H,20-29H2,1-9H3/t30-,31-,32-,33-,36+,37+,38-,39-,40-,41+,42-,43-,44+,45+,46-,47-,48-,49-,50-,53+,54+,55+,56+/m1/s1. The highest BCUT2D eigenvalue weighted by Crippen LogP contribution is 2.70. The minimum Gasteiger partial charge on any atom is -0.459 e. The number of esters is 2. The average Bonchev–Trinajstić information content (AvgIpc) is 3.66. The second-order valence-electron chi connectivity index (χ2n) is 22.5. The van der Waals surface area contributed by atoms with E-state index < -0.39 is 109 Å². The molecule has 7 fully saturated rings. The molecular weight excluding hydrogens is 929 g/mol. The van der Waals surface area contributed by atoms with Crippen LogP contribution in [0.3, 0.4) is 0 Å². The first kappa shape index (κ1) is 53.7. The lowest BCUT2D eigenvalue weighted by molar-refractivity contribution is -0.352. The highest BCUT2D eigenvalue weighted by Gasteiger charge is 2.72. The first-order valence-corrected chi connectivity index (χ1v) is 26.6. The number of benzene rings is 2. The molecular formula is C56H80O16. The molecule has 16 nitrogen and oxygen atoms in total. The summed E-state index contributed by atoms with van der Waals surface area (Å²) in [5.41, 5.74) is -1.23. The van der Waals surface area contributed by atoms with Gasteiger partial charge >= 0.3 is 11.9 Å². The molecule has 2 aromatic carbocycles. The van der Waals surface area contributed by atoms with E-state index in [1.165, 1.54) is 7.11 Å². The largest absolute Gasteiger partial charge is 0.459 e. The maximum absolute atomic E-state index is 14.0. The van der Waals surface area contributed by atoms with Crippen molar-refractivity contribution in [2.45, 2.75) is 210 Å². The lowest BCUT2D eigenvalue weighted by Crippen LogP contribution is -2.68. The quantitative estimate of drug-likeness (QED) is 0.132. The molecule has 2 aromatic rings. The molecule has 0 bridgehead atoms. The van der Waals surface area contributed by atoms with E-state index in [-0.39, 0.29) is 35.4 Å². The minimum atomic E-state index is -1.23. The fourth-order valence-electron chi connectivity index (χ4n) is 14.8. The van der Waals surface area contributed by atoms with Crippen LogP contribution in [0.2, 0.25) is 0 Å². The number of hydrogen-bond acceptors (Lipinski definition) is 16. The van der Waals surface area contributed by atoms with E-state index in [9.17, 15) is 24.9 Å². The Labute approximate surface area is 424 Å². The van der Waals surface area contributed by atoms with Crippen molar-refractivity contribution in [3.05, 3.63) is 71.8 Å². The van der Waals surface area contributed by atoms with Gasteiger partial charge in [-0.2, -0.15) is 0 Å². The molecule has 23 atom stereocenters. The van der Waals surface area contributed by atoms with Crippen LogP contribution in [0.15, 0.2) is 60.7 Å². The lowest BCUT2D eigenvalue weighted by atomic mass is 9.42. The summed E-state index contributed by atoms with van der Waals surface area (Å²) in [5.74, 6) is -0.681. The summed E-state index contributed by atoms with van der Waals surface area (Å²) in [7, 11) is 4.70. The summed E-state index contributed by atoms with van der Waals surface area (Å²) < 4.78 is 68.7. The van der Waals surface area contributed by atoms with Crippen LogP contribution in [0.4, 0.5) is 0 Å². The van der Waals surface area contributed by atoms with Gasteiger partial charge < -0.3 is 67.4 Å². The molecule has 4 aliphatic carbocycles. The first-order chi connectivity index (χ1) is 34.4. The number of carbonyl (C=O) groups is 2. The molecule has 3 aliphatic heterocycles. The second kappa shape index (κ2) is 21.9. The van der Waals surface area contributed by atoms with Gasteiger partial charge in [0.2, 0.25) is 0 Å².